The summed E-state index contributed by atoms with van der Waals surface area (Å²) in [7, 11) is 4.09. The minimum Gasteiger partial charge on any atom is -0.388 e. The number of rotatable bonds is 2. The number of benzene rings is 1. The standard InChI is InChI=1S/C12H19BN/c1-12(2,3)9-6-10(13-4)8-11(7-9)14-5/h6-8,14H,1-5H3. The van der Waals surface area contributed by atoms with Crippen LogP contribution < -0.4 is 10.8 Å². The molecule has 1 aromatic carbocycles. The van der Waals surface area contributed by atoms with Crippen molar-refractivity contribution in [3.63, 3.8) is 0 Å². The molecule has 0 aromatic heterocycles. The average molecular weight is 188 g/mol. The van der Waals surface area contributed by atoms with E-state index in [0.29, 0.717) is 0 Å². The van der Waals surface area contributed by atoms with Gasteiger partial charge in [0.15, 0.2) is 0 Å². The molecule has 0 aliphatic heterocycles. The smallest absolute Gasteiger partial charge is 0.148 e. The molecule has 1 rings (SSSR count). The van der Waals surface area contributed by atoms with Gasteiger partial charge in [-0.2, -0.15) is 0 Å². The van der Waals surface area contributed by atoms with E-state index >= 15 is 0 Å². The third-order valence-electron chi connectivity index (χ3n) is 2.44. The molecule has 0 aliphatic rings. The van der Waals surface area contributed by atoms with Crippen LogP contribution in [0, 0.1) is 0 Å². The molecular formula is C12H19BN. The topological polar surface area (TPSA) is 12.0 Å². The highest BCUT2D eigenvalue weighted by molar-refractivity contribution is 6.52. The van der Waals surface area contributed by atoms with E-state index < -0.39 is 0 Å². The minimum absolute atomic E-state index is 0.213. The summed E-state index contributed by atoms with van der Waals surface area (Å²) >= 11 is 0. The molecule has 0 saturated carbocycles. The quantitative estimate of drug-likeness (QED) is 0.702. The first-order valence-electron chi connectivity index (χ1n) is 5.10. The van der Waals surface area contributed by atoms with Crippen molar-refractivity contribution in [2.24, 2.45) is 0 Å². The van der Waals surface area contributed by atoms with Crippen LogP contribution in [0.2, 0.25) is 6.82 Å². The summed E-state index contributed by atoms with van der Waals surface area (Å²) in [5.74, 6) is 0. The Morgan fingerprint density at radius 1 is 1.14 bits per heavy atom. The average Bonchev–Trinajstić information content (AvgIpc) is 2.15. The largest absolute Gasteiger partial charge is 0.388 e. The van der Waals surface area contributed by atoms with E-state index in [2.05, 4.69) is 58.4 Å². The van der Waals surface area contributed by atoms with E-state index in [1.165, 1.54) is 16.7 Å². The SMILES string of the molecule is C[B]c1cc(NC)cc(C(C)(C)C)c1. The van der Waals surface area contributed by atoms with E-state index in [4.69, 9.17) is 0 Å². The summed E-state index contributed by atoms with van der Waals surface area (Å²) in [6.07, 6.45) is 0. The Kier molecular flexibility index (Phi) is 3.25. The van der Waals surface area contributed by atoms with Crippen LogP contribution in [0.1, 0.15) is 26.3 Å². The van der Waals surface area contributed by atoms with Gasteiger partial charge in [-0.05, 0) is 23.1 Å². The highest BCUT2D eigenvalue weighted by Crippen LogP contribution is 2.23. The second kappa shape index (κ2) is 4.08. The van der Waals surface area contributed by atoms with Crippen LogP contribution in [-0.4, -0.2) is 14.3 Å². The van der Waals surface area contributed by atoms with E-state index in [0.717, 1.165) is 0 Å². The Labute approximate surface area is 88.2 Å². The first-order chi connectivity index (χ1) is 6.47. The summed E-state index contributed by atoms with van der Waals surface area (Å²) in [5, 5.41) is 3.19. The maximum Gasteiger partial charge on any atom is 0.148 e. The van der Waals surface area contributed by atoms with Crippen molar-refractivity contribution in [3.05, 3.63) is 23.8 Å². The molecule has 0 heterocycles. The van der Waals surface area contributed by atoms with Gasteiger partial charge in [0.2, 0.25) is 0 Å². The Morgan fingerprint density at radius 2 is 1.79 bits per heavy atom. The van der Waals surface area contributed by atoms with Crippen molar-refractivity contribution < 1.29 is 0 Å². The molecule has 1 radical (unpaired) electrons. The van der Waals surface area contributed by atoms with E-state index in [1.54, 1.807) is 0 Å². The fraction of sp³-hybridized carbons (Fsp3) is 0.500. The number of nitrogens with one attached hydrogen (secondary N) is 1. The van der Waals surface area contributed by atoms with Crippen molar-refractivity contribution in [1.29, 1.82) is 0 Å². The van der Waals surface area contributed by atoms with Gasteiger partial charge < -0.3 is 5.32 Å². The Balaban J connectivity index is 3.17. The second-order valence-electron chi connectivity index (χ2n) is 4.63. The first kappa shape index (κ1) is 11.2. The molecule has 1 aromatic rings. The second-order valence-corrected chi connectivity index (χ2v) is 4.63. The molecule has 0 fully saturated rings. The summed E-state index contributed by atoms with van der Waals surface area (Å²) in [4.78, 5) is 0. The predicted molar refractivity (Wildman–Crippen MR) is 65.9 cm³/mol. The van der Waals surface area contributed by atoms with E-state index in [9.17, 15) is 0 Å². The van der Waals surface area contributed by atoms with Gasteiger partial charge in [-0.25, -0.2) is 0 Å². The molecule has 75 valence electrons. The van der Waals surface area contributed by atoms with E-state index in [1.807, 2.05) is 7.05 Å². The molecule has 0 spiro atoms. The summed E-state index contributed by atoms with van der Waals surface area (Å²) in [5.41, 5.74) is 4.05. The van der Waals surface area contributed by atoms with Crippen LogP contribution in [-0.2, 0) is 5.41 Å². The van der Waals surface area contributed by atoms with Crippen LogP contribution in [0.15, 0.2) is 18.2 Å². The maximum atomic E-state index is 3.19. The van der Waals surface area contributed by atoms with Crippen molar-refractivity contribution in [2.45, 2.75) is 33.0 Å². The molecule has 14 heavy (non-hydrogen) atoms. The zero-order chi connectivity index (χ0) is 10.8. The lowest BCUT2D eigenvalue weighted by Gasteiger charge is -2.21. The van der Waals surface area contributed by atoms with Crippen LogP contribution in [0.5, 0.6) is 0 Å². The molecule has 2 heteroatoms. The monoisotopic (exact) mass is 188 g/mol. The van der Waals surface area contributed by atoms with Gasteiger partial charge in [-0.3, -0.25) is 0 Å². The summed E-state index contributed by atoms with van der Waals surface area (Å²) in [6, 6.07) is 6.63. The summed E-state index contributed by atoms with van der Waals surface area (Å²) < 4.78 is 0. The van der Waals surface area contributed by atoms with Crippen LogP contribution in [0.3, 0.4) is 0 Å². The van der Waals surface area contributed by atoms with Gasteiger partial charge in [-0.1, -0.05) is 39.1 Å². The molecule has 0 unspecified atom stereocenters. The van der Waals surface area contributed by atoms with Gasteiger partial charge in [0.05, 0.1) is 0 Å². The van der Waals surface area contributed by atoms with Crippen molar-refractivity contribution in [2.75, 3.05) is 12.4 Å². The lowest BCUT2D eigenvalue weighted by molar-refractivity contribution is 0.591. The molecule has 0 amide bonds. The molecule has 0 saturated heterocycles. The number of hydrogen-bond acceptors (Lipinski definition) is 1. The highest BCUT2D eigenvalue weighted by atomic mass is 14.8. The third-order valence-corrected chi connectivity index (χ3v) is 2.44. The van der Waals surface area contributed by atoms with Crippen molar-refractivity contribution in [1.82, 2.24) is 0 Å². The van der Waals surface area contributed by atoms with Crippen LogP contribution >= 0.6 is 0 Å². The van der Waals surface area contributed by atoms with Gasteiger partial charge in [0.25, 0.3) is 0 Å². The molecule has 0 atom stereocenters. The minimum atomic E-state index is 0.213. The zero-order valence-corrected chi connectivity index (χ0v) is 9.81. The maximum absolute atomic E-state index is 3.19. The molecule has 0 aliphatic carbocycles. The Morgan fingerprint density at radius 3 is 2.21 bits per heavy atom. The molecule has 0 bridgehead atoms. The number of hydrogen-bond donors (Lipinski definition) is 1. The fourth-order valence-electron chi connectivity index (χ4n) is 1.40. The Bertz CT molecular complexity index is 290. The first-order valence-corrected chi connectivity index (χ1v) is 5.10. The van der Waals surface area contributed by atoms with Gasteiger partial charge in [-0.15, -0.1) is 0 Å². The highest BCUT2D eigenvalue weighted by Gasteiger charge is 2.14. The van der Waals surface area contributed by atoms with Crippen molar-refractivity contribution >= 4 is 18.4 Å². The Hall–Kier alpha value is -0.915. The van der Waals surface area contributed by atoms with Gasteiger partial charge >= 0.3 is 0 Å². The number of anilines is 1. The molecule has 1 N–H and O–H groups in total. The summed E-state index contributed by atoms with van der Waals surface area (Å²) in [6.45, 7) is 8.78. The van der Waals surface area contributed by atoms with Crippen LogP contribution in [0.4, 0.5) is 5.69 Å². The third kappa shape index (κ3) is 2.54. The molecule has 1 nitrogen and oxygen atoms in total. The molecular weight excluding hydrogens is 169 g/mol. The van der Waals surface area contributed by atoms with Crippen LogP contribution in [0.25, 0.3) is 0 Å². The van der Waals surface area contributed by atoms with Gasteiger partial charge in [0, 0.05) is 12.7 Å². The zero-order valence-electron chi connectivity index (χ0n) is 9.81. The lowest BCUT2D eigenvalue weighted by atomic mass is 9.71. The van der Waals surface area contributed by atoms with E-state index in [-0.39, 0.29) is 5.41 Å². The lowest BCUT2D eigenvalue weighted by Crippen LogP contribution is -2.18. The van der Waals surface area contributed by atoms with Gasteiger partial charge in [0.1, 0.15) is 7.28 Å². The fourth-order valence-corrected chi connectivity index (χ4v) is 1.40. The van der Waals surface area contributed by atoms with Crippen molar-refractivity contribution in [3.8, 4) is 0 Å². The predicted octanol–water partition coefficient (Wildman–Crippen LogP) is 2.40. The normalized spacial score (nSPS) is 11.2.